The Morgan fingerprint density at radius 3 is 2.53 bits per heavy atom. The van der Waals surface area contributed by atoms with Crippen LogP contribution in [0.2, 0.25) is 0 Å². The highest BCUT2D eigenvalue weighted by molar-refractivity contribution is 8.24. The molecule has 0 aliphatic carbocycles. The normalized spacial score (nSPS) is 15.3. The van der Waals surface area contributed by atoms with Gasteiger partial charge in [0, 0.05) is 30.6 Å². The predicted molar refractivity (Wildman–Crippen MR) is 135 cm³/mol. The molecule has 1 aliphatic heterocycles. The van der Waals surface area contributed by atoms with Crippen molar-refractivity contribution < 1.29 is 13.8 Å². The van der Waals surface area contributed by atoms with Crippen LogP contribution >= 0.6 is 10.6 Å². The molecule has 0 fully saturated rings. The van der Waals surface area contributed by atoms with E-state index in [0.29, 0.717) is 23.9 Å². The van der Waals surface area contributed by atoms with Crippen molar-refractivity contribution in [2.24, 2.45) is 0 Å². The van der Waals surface area contributed by atoms with Gasteiger partial charge in [-0.2, -0.15) is 10.6 Å². The van der Waals surface area contributed by atoms with Gasteiger partial charge in [-0.05, 0) is 36.4 Å². The molecule has 3 aromatic heterocycles. The number of benzene rings is 1. The molecular weight excluding hydrogens is 450 g/mol. The summed E-state index contributed by atoms with van der Waals surface area (Å²) < 4.78 is 26.4. The van der Waals surface area contributed by atoms with Crippen molar-refractivity contribution in [2.75, 3.05) is 29.2 Å². The third-order valence-electron chi connectivity index (χ3n) is 5.76. The molecule has 0 spiro atoms. The molecule has 174 valence electrons. The van der Waals surface area contributed by atoms with Crippen molar-refractivity contribution in [1.82, 2.24) is 15.0 Å². The van der Waals surface area contributed by atoms with Crippen LogP contribution in [0.3, 0.4) is 0 Å². The van der Waals surface area contributed by atoms with Crippen LogP contribution in [0.1, 0.15) is 5.56 Å². The van der Waals surface area contributed by atoms with Gasteiger partial charge in [0.2, 0.25) is 5.88 Å². The molecule has 2 N–H and O–H groups in total. The number of pyridine rings is 3. The zero-order chi connectivity index (χ0) is 23.5. The van der Waals surface area contributed by atoms with Gasteiger partial charge in [-0.25, -0.2) is 9.97 Å². The molecule has 0 saturated carbocycles. The standard InChI is InChI=1S/C25H25N5O3S/c1-33-24-11-10-21(17-28-24)30(20-7-5-12-26-16-20)18-19-6-4-13-27-25(19)29-14-15-34(31,32)23-9-3-2-8-22(23)29/h2-13,16-17,31-32H,14-15,18H2,1H3. The molecule has 0 bridgehead atoms. The monoisotopic (exact) mass is 475 g/mol. The van der Waals surface area contributed by atoms with Crippen LogP contribution in [-0.2, 0) is 6.54 Å². The van der Waals surface area contributed by atoms with Gasteiger partial charge in [-0.3, -0.25) is 14.1 Å². The van der Waals surface area contributed by atoms with Gasteiger partial charge in [0.25, 0.3) is 0 Å². The molecule has 0 atom stereocenters. The van der Waals surface area contributed by atoms with Crippen LogP contribution in [0.5, 0.6) is 5.88 Å². The first kappa shape index (κ1) is 22.1. The highest BCUT2D eigenvalue weighted by atomic mass is 32.3. The number of methoxy groups -OCH3 is 1. The smallest absolute Gasteiger partial charge is 0.213 e. The molecule has 4 aromatic rings. The van der Waals surface area contributed by atoms with Crippen LogP contribution in [0.25, 0.3) is 0 Å². The number of aromatic nitrogens is 3. The summed E-state index contributed by atoms with van der Waals surface area (Å²) in [5, 5.41) is 0. The van der Waals surface area contributed by atoms with Crippen LogP contribution in [-0.4, -0.2) is 43.5 Å². The van der Waals surface area contributed by atoms with Gasteiger partial charge >= 0.3 is 0 Å². The molecule has 34 heavy (non-hydrogen) atoms. The minimum Gasteiger partial charge on any atom is -0.481 e. The van der Waals surface area contributed by atoms with E-state index in [1.807, 2.05) is 60.8 Å². The Kier molecular flexibility index (Phi) is 6.06. The van der Waals surface area contributed by atoms with Gasteiger partial charge < -0.3 is 14.5 Å². The van der Waals surface area contributed by atoms with E-state index in [1.165, 1.54) is 0 Å². The summed E-state index contributed by atoms with van der Waals surface area (Å²) in [5.74, 6) is 1.58. The summed E-state index contributed by atoms with van der Waals surface area (Å²) in [4.78, 5) is 18.1. The van der Waals surface area contributed by atoms with E-state index in [-0.39, 0.29) is 5.75 Å². The van der Waals surface area contributed by atoms with E-state index in [1.54, 1.807) is 31.8 Å². The van der Waals surface area contributed by atoms with E-state index < -0.39 is 10.6 Å². The topological polar surface area (TPSA) is 94.8 Å². The van der Waals surface area contributed by atoms with E-state index >= 15 is 0 Å². The average Bonchev–Trinajstić information content (AvgIpc) is 2.88. The zero-order valence-corrected chi connectivity index (χ0v) is 19.5. The second kappa shape index (κ2) is 9.30. The second-order valence-electron chi connectivity index (χ2n) is 7.83. The Labute approximate surface area is 199 Å². The van der Waals surface area contributed by atoms with Gasteiger partial charge in [0.05, 0.1) is 53.8 Å². The molecule has 8 nitrogen and oxygen atoms in total. The molecular formula is C25H25N5O3S. The van der Waals surface area contributed by atoms with Crippen molar-refractivity contribution in [1.29, 1.82) is 0 Å². The highest BCUT2D eigenvalue weighted by Crippen LogP contribution is 2.56. The maximum Gasteiger partial charge on any atom is 0.213 e. The maximum atomic E-state index is 10.6. The third kappa shape index (κ3) is 4.28. The van der Waals surface area contributed by atoms with Crippen molar-refractivity contribution in [2.45, 2.75) is 11.4 Å². The quantitative estimate of drug-likeness (QED) is 0.379. The summed E-state index contributed by atoms with van der Waals surface area (Å²) >= 11 is 0. The van der Waals surface area contributed by atoms with Crippen molar-refractivity contribution in [3.63, 3.8) is 0 Å². The largest absolute Gasteiger partial charge is 0.481 e. The fourth-order valence-corrected chi connectivity index (χ4v) is 5.56. The first-order valence-electron chi connectivity index (χ1n) is 10.8. The molecule has 1 aliphatic rings. The number of nitrogens with zero attached hydrogens (tertiary/aromatic N) is 5. The summed E-state index contributed by atoms with van der Waals surface area (Å²) in [7, 11) is -1.23. The lowest BCUT2D eigenvalue weighted by molar-refractivity contribution is 0.398. The Hall–Kier alpha value is -3.66. The molecule has 0 amide bonds. The number of ether oxygens (including phenoxy) is 1. The van der Waals surface area contributed by atoms with Gasteiger partial charge in [0.1, 0.15) is 5.82 Å². The minimum absolute atomic E-state index is 0.259. The lowest BCUT2D eigenvalue weighted by atomic mass is 10.1. The minimum atomic E-state index is -2.82. The fourth-order valence-electron chi connectivity index (χ4n) is 4.09. The maximum absolute atomic E-state index is 10.6. The summed E-state index contributed by atoms with van der Waals surface area (Å²) in [6.45, 7) is 0.970. The molecule has 4 heterocycles. The second-order valence-corrected chi connectivity index (χ2v) is 10.0. The summed E-state index contributed by atoms with van der Waals surface area (Å²) in [6, 6.07) is 19.1. The Bertz CT molecular complexity index is 1270. The van der Waals surface area contributed by atoms with E-state index in [4.69, 9.17) is 9.72 Å². The molecule has 9 heteroatoms. The SMILES string of the molecule is COc1ccc(N(Cc2cccnc2N2CCS(O)(O)c3ccccc32)c2cccnc2)cn1. The molecule has 5 rings (SSSR count). The van der Waals surface area contributed by atoms with Crippen molar-refractivity contribution in [3.05, 3.63) is 91.0 Å². The van der Waals surface area contributed by atoms with E-state index in [2.05, 4.69) is 19.8 Å². The van der Waals surface area contributed by atoms with Crippen LogP contribution in [0.15, 0.2) is 90.3 Å². The first-order valence-corrected chi connectivity index (χ1v) is 12.5. The number of anilines is 4. The Morgan fingerprint density at radius 1 is 0.941 bits per heavy atom. The predicted octanol–water partition coefficient (Wildman–Crippen LogP) is 5.48. The summed E-state index contributed by atoms with van der Waals surface area (Å²) in [6.07, 6.45) is 7.09. The molecule has 0 radical (unpaired) electrons. The number of para-hydroxylation sites is 1. The van der Waals surface area contributed by atoms with Crippen LogP contribution in [0.4, 0.5) is 22.9 Å². The molecule has 1 aromatic carbocycles. The van der Waals surface area contributed by atoms with Gasteiger partial charge in [0.15, 0.2) is 0 Å². The first-order chi connectivity index (χ1) is 16.6. The van der Waals surface area contributed by atoms with Gasteiger partial charge in [-0.15, -0.1) is 0 Å². The van der Waals surface area contributed by atoms with Gasteiger partial charge in [-0.1, -0.05) is 18.2 Å². The lowest BCUT2D eigenvalue weighted by Crippen LogP contribution is -2.31. The zero-order valence-electron chi connectivity index (χ0n) is 18.7. The lowest BCUT2D eigenvalue weighted by Gasteiger charge is -2.43. The van der Waals surface area contributed by atoms with Crippen molar-refractivity contribution >= 4 is 33.5 Å². The molecule has 0 unspecified atom stereocenters. The Morgan fingerprint density at radius 2 is 1.76 bits per heavy atom. The molecule has 0 saturated heterocycles. The summed E-state index contributed by atoms with van der Waals surface area (Å²) in [5.41, 5.74) is 3.55. The third-order valence-corrected chi connectivity index (χ3v) is 7.56. The number of rotatable bonds is 6. The van der Waals surface area contributed by atoms with E-state index in [0.717, 1.165) is 28.4 Å². The number of hydrogen-bond donors (Lipinski definition) is 2. The number of fused-ring (bicyclic) bond motifs is 1. The van der Waals surface area contributed by atoms with E-state index in [9.17, 15) is 9.11 Å². The average molecular weight is 476 g/mol. The van der Waals surface area contributed by atoms with Crippen molar-refractivity contribution in [3.8, 4) is 5.88 Å². The van der Waals surface area contributed by atoms with Crippen LogP contribution in [0, 0.1) is 0 Å². The highest BCUT2D eigenvalue weighted by Gasteiger charge is 2.31. The number of hydrogen-bond acceptors (Lipinski definition) is 8. The Balaban J connectivity index is 1.56. The fraction of sp³-hybridized carbons (Fsp3) is 0.160. The van der Waals surface area contributed by atoms with Crippen LogP contribution < -0.4 is 14.5 Å².